The van der Waals surface area contributed by atoms with Gasteiger partial charge in [0, 0.05) is 6.20 Å². The van der Waals surface area contributed by atoms with Crippen molar-refractivity contribution in [2.45, 2.75) is 63.2 Å². The summed E-state index contributed by atoms with van der Waals surface area (Å²) in [7, 11) is 0.408. The number of ether oxygens (including phenoxy) is 2. The Morgan fingerprint density at radius 3 is 2.64 bits per heavy atom. The van der Waals surface area contributed by atoms with Crippen molar-refractivity contribution in [2.24, 2.45) is 0 Å². The lowest BCUT2D eigenvalue weighted by Gasteiger charge is -2.29. The summed E-state index contributed by atoms with van der Waals surface area (Å²) in [4.78, 5) is 27.1. The lowest BCUT2D eigenvalue weighted by molar-refractivity contribution is -0.149. The van der Waals surface area contributed by atoms with E-state index >= 15 is 0 Å². The Bertz CT molecular complexity index is 1160. The van der Waals surface area contributed by atoms with E-state index in [-0.39, 0.29) is 18.5 Å². The van der Waals surface area contributed by atoms with Gasteiger partial charge in [-0.05, 0) is 54.4 Å². The Kier molecular flexibility index (Phi) is 9.22. The average molecular weight is 561 g/mol. The Morgan fingerprint density at radius 1 is 1.36 bits per heavy atom. The predicted molar refractivity (Wildman–Crippen MR) is 139 cm³/mol. The molecule has 1 aromatic carbocycles. The molecule has 2 aromatic rings. The number of hydrogen-bond donors (Lipinski definition) is 3. The average Bonchev–Trinajstić information content (AvgIpc) is 3.01. The molecule has 11 nitrogen and oxygen atoms in total. The molecule has 36 heavy (non-hydrogen) atoms. The number of nitrogen functional groups attached to an aromatic ring is 1. The number of alkyl halides is 1. The van der Waals surface area contributed by atoms with Crippen molar-refractivity contribution in [3.05, 3.63) is 53.1 Å². The summed E-state index contributed by atoms with van der Waals surface area (Å²) in [5.74, 6) is 0.0349. The molecular formula is C22H31ClN4O7P2. The van der Waals surface area contributed by atoms with Crippen LogP contribution in [-0.2, 0) is 18.8 Å². The van der Waals surface area contributed by atoms with E-state index in [1.165, 1.54) is 12.3 Å². The highest BCUT2D eigenvalue weighted by Gasteiger charge is 2.53. The number of para-hydroxylation sites is 1. The van der Waals surface area contributed by atoms with Gasteiger partial charge in [0.2, 0.25) is 0 Å². The van der Waals surface area contributed by atoms with Gasteiger partial charge >= 0.3 is 11.7 Å². The van der Waals surface area contributed by atoms with Gasteiger partial charge in [0.1, 0.15) is 34.7 Å². The molecule has 1 unspecified atom stereocenters. The van der Waals surface area contributed by atoms with Crippen LogP contribution in [0.1, 0.15) is 33.9 Å². The van der Waals surface area contributed by atoms with Crippen LogP contribution in [0.3, 0.4) is 0 Å². The van der Waals surface area contributed by atoms with Crippen molar-refractivity contribution >= 4 is 39.1 Å². The SMILES string of the molecule is CC(C)OC(=O)[C@@H](C)NP(=P)(OC[C@H]1O[C@@H](n2ccc(N)nc2=O)[C@](C)(Cl)[C@@H]1O)Oc1ccccc1. The molecule has 0 bridgehead atoms. The third-order valence-corrected chi connectivity index (χ3v) is 8.45. The van der Waals surface area contributed by atoms with E-state index < -0.39 is 48.2 Å². The molecule has 2 heterocycles. The molecule has 1 aliphatic heterocycles. The number of nitrogens with one attached hydrogen (secondary N) is 1. The second-order valence-corrected chi connectivity index (χ2v) is 13.1. The number of aliphatic hydroxyl groups is 1. The van der Waals surface area contributed by atoms with E-state index in [1.807, 2.05) is 6.07 Å². The largest absolute Gasteiger partial charge is 0.462 e. The highest BCUT2D eigenvalue weighted by atomic mass is 35.5. The van der Waals surface area contributed by atoms with Crippen LogP contribution in [0.2, 0.25) is 0 Å². The van der Waals surface area contributed by atoms with Crippen molar-refractivity contribution in [1.82, 2.24) is 14.6 Å². The number of carbonyl (C=O) groups is 1. The van der Waals surface area contributed by atoms with Crippen molar-refractivity contribution in [2.75, 3.05) is 12.3 Å². The number of halogens is 1. The highest BCUT2D eigenvalue weighted by Crippen LogP contribution is 2.52. The summed E-state index contributed by atoms with van der Waals surface area (Å²) in [6.07, 6.45) is -2.12. The van der Waals surface area contributed by atoms with Gasteiger partial charge in [-0.2, -0.15) is 4.98 Å². The van der Waals surface area contributed by atoms with Crippen molar-refractivity contribution in [1.29, 1.82) is 0 Å². The first-order chi connectivity index (χ1) is 16.8. The number of nitrogens with two attached hydrogens (primary N) is 1. The van der Waals surface area contributed by atoms with E-state index in [0.29, 0.717) is 5.75 Å². The number of hydrogen-bond acceptors (Lipinski definition) is 9. The van der Waals surface area contributed by atoms with Gasteiger partial charge in [-0.1, -0.05) is 18.2 Å². The van der Waals surface area contributed by atoms with Gasteiger partial charge in [-0.15, -0.1) is 11.6 Å². The smallest absolute Gasteiger partial charge is 0.351 e. The van der Waals surface area contributed by atoms with Crippen LogP contribution in [0.5, 0.6) is 5.75 Å². The summed E-state index contributed by atoms with van der Waals surface area (Å²) in [5.41, 5.74) is 4.90. The first-order valence-electron chi connectivity index (χ1n) is 11.2. The fourth-order valence-electron chi connectivity index (χ4n) is 3.50. The zero-order valence-electron chi connectivity index (χ0n) is 20.3. The molecule has 0 radical (unpaired) electrons. The van der Waals surface area contributed by atoms with Crippen LogP contribution in [-0.4, -0.2) is 56.5 Å². The molecule has 1 fully saturated rings. The van der Waals surface area contributed by atoms with Crippen LogP contribution in [0.15, 0.2) is 47.4 Å². The van der Waals surface area contributed by atoms with Gasteiger partial charge in [0.05, 0.1) is 12.7 Å². The summed E-state index contributed by atoms with van der Waals surface area (Å²) >= 11 is 6.62. The van der Waals surface area contributed by atoms with E-state index in [1.54, 1.807) is 52.0 Å². The number of nitrogens with zero attached hydrogens (tertiary/aromatic N) is 2. The molecule has 3 rings (SSSR count). The van der Waals surface area contributed by atoms with Crippen LogP contribution in [0, 0.1) is 0 Å². The minimum Gasteiger partial charge on any atom is -0.462 e. The minimum absolute atomic E-state index is 0.0498. The molecule has 0 spiro atoms. The summed E-state index contributed by atoms with van der Waals surface area (Å²) in [5, 5.41) is 13.9. The van der Waals surface area contributed by atoms with Crippen LogP contribution in [0.4, 0.5) is 5.82 Å². The number of esters is 1. The molecule has 0 saturated carbocycles. The Labute approximate surface area is 216 Å². The predicted octanol–water partition coefficient (Wildman–Crippen LogP) is 2.93. The molecule has 198 valence electrons. The maximum absolute atomic E-state index is 12.4. The summed E-state index contributed by atoms with van der Waals surface area (Å²) in [6, 6.07) is 9.49. The van der Waals surface area contributed by atoms with Gasteiger partial charge in [-0.3, -0.25) is 9.36 Å². The molecule has 0 aliphatic carbocycles. The third-order valence-electron chi connectivity index (χ3n) is 5.29. The molecule has 6 atom stereocenters. The number of rotatable bonds is 10. The summed E-state index contributed by atoms with van der Waals surface area (Å²) < 4.78 is 24.5. The van der Waals surface area contributed by atoms with Crippen LogP contribution >= 0.6 is 27.3 Å². The van der Waals surface area contributed by atoms with Gasteiger partial charge in [0.25, 0.3) is 7.15 Å². The third kappa shape index (κ3) is 6.86. The minimum atomic E-state index is -3.15. The molecule has 1 aromatic heterocycles. The Morgan fingerprint density at radius 2 is 2.03 bits per heavy atom. The fraction of sp³-hybridized carbons (Fsp3) is 0.500. The first kappa shape index (κ1) is 28.6. The molecule has 1 saturated heterocycles. The van der Waals surface area contributed by atoms with Crippen LogP contribution in [0.25, 0.3) is 0 Å². The van der Waals surface area contributed by atoms with E-state index in [9.17, 15) is 14.7 Å². The molecule has 0 amide bonds. The van der Waals surface area contributed by atoms with E-state index in [2.05, 4.69) is 18.6 Å². The second kappa shape index (κ2) is 11.6. The van der Waals surface area contributed by atoms with Gasteiger partial charge < -0.3 is 29.4 Å². The van der Waals surface area contributed by atoms with Crippen molar-refractivity contribution in [3.63, 3.8) is 0 Å². The molecule has 4 N–H and O–H groups in total. The Hall–Kier alpha value is -1.97. The maximum Gasteiger partial charge on any atom is 0.351 e. The van der Waals surface area contributed by atoms with Crippen LogP contribution < -0.4 is 21.0 Å². The molecule has 14 heteroatoms. The first-order valence-corrected chi connectivity index (χ1v) is 14.6. The van der Waals surface area contributed by atoms with Crippen molar-refractivity contribution in [3.8, 4) is 5.75 Å². The molecule has 1 aliphatic rings. The normalized spacial score (nSPS) is 26.4. The quantitative estimate of drug-likeness (QED) is 0.225. The van der Waals surface area contributed by atoms with E-state index in [4.69, 9.17) is 35.9 Å². The zero-order chi connectivity index (χ0) is 26.7. The molecular weight excluding hydrogens is 530 g/mol. The van der Waals surface area contributed by atoms with E-state index in [0.717, 1.165) is 4.57 Å². The number of aromatic nitrogens is 2. The van der Waals surface area contributed by atoms with Crippen molar-refractivity contribution < 1.29 is 28.4 Å². The topological polar surface area (TPSA) is 147 Å². The number of anilines is 1. The highest BCUT2D eigenvalue weighted by molar-refractivity contribution is 7.91. The number of aliphatic hydroxyl groups excluding tert-OH is 1. The maximum atomic E-state index is 12.4. The second-order valence-electron chi connectivity index (χ2n) is 8.75. The fourth-order valence-corrected chi connectivity index (χ4v) is 6.48. The number of carbonyl (C=O) groups excluding carboxylic acids is 1. The standard InChI is InChI=1S/C22H31ClN4O7P2/c1-13(2)32-19(29)14(3)26-36(35,34-15-8-6-5-7-9-15)31-12-16-18(28)22(4,23)20(33-16)27-11-10-17(24)25-21(27)30/h5-11,13-14,16,18,20,26,28,35H,12H2,1-4H3,(H2,24,25,30)/t14-,16-,18-,20-,22-,36?/m1/s1. The monoisotopic (exact) mass is 560 g/mol. The van der Waals surface area contributed by atoms with Gasteiger partial charge in [0.15, 0.2) is 6.23 Å². The number of benzene rings is 1. The Balaban J connectivity index is 1.79. The zero-order valence-corrected chi connectivity index (χ0v) is 23.0. The summed E-state index contributed by atoms with van der Waals surface area (Å²) in [6.45, 7) is 6.46. The lowest BCUT2D eigenvalue weighted by Crippen LogP contribution is -2.42. The van der Waals surface area contributed by atoms with Gasteiger partial charge in [-0.25, -0.2) is 9.88 Å². The lowest BCUT2D eigenvalue weighted by atomic mass is 10.0.